The van der Waals surface area contributed by atoms with Crippen LogP contribution in [0.5, 0.6) is 0 Å². The molecule has 6 heteroatoms. The zero-order valence-corrected chi connectivity index (χ0v) is 9.02. The highest BCUT2D eigenvalue weighted by Gasteiger charge is 2.35. The molecule has 16 heavy (non-hydrogen) atoms. The van der Waals surface area contributed by atoms with Gasteiger partial charge in [-0.2, -0.15) is 13.2 Å². The van der Waals surface area contributed by atoms with Crippen molar-refractivity contribution in [2.24, 2.45) is 5.73 Å². The first-order valence-electron chi connectivity index (χ1n) is 4.60. The van der Waals surface area contributed by atoms with Gasteiger partial charge in [0.15, 0.2) is 0 Å². The summed E-state index contributed by atoms with van der Waals surface area (Å²) in [5.41, 5.74) is 4.55. The van der Waals surface area contributed by atoms with Crippen LogP contribution in [0.15, 0.2) is 18.2 Å². The zero-order chi connectivity index (χ0) is 12.3. The van der Waals surface area contributed by atoms with Crippen molar-refractivity contribution in [3.05, 3.63) is 34.3 Å². The van der Waals surface area contributed by atoms with Crippen molar-refractivity contribution in [3.8, 4) is 0 Å². The topological polar surface area (TPSA) is 46.2 Å². The van der Waals surface area contributed by atoms with Gasteiger partial charge in [0.05, 0.1) is 5.56 Å². The third kappa shape index (κ3) is 2.87. The fraction of sp³-hybridized carbons (Fsp3) is 0.400. The molecule has 0 spiro atoms. The normalized spacial score (nSPS) is 13.9. The van der Waals surface area contributed by atoms with Crippen molar-refractivity contribution in [3.63, 3.8) is 0 Å². The number of rotatable bonds is 3. The number of aliphatic hydroxyl groups excluding tert-OH is 1. The van der Waals surface area contributed by atoms with E-state index in [1.165, 1.54) is 12.1 Å². The van der Waals surface area contributed by atoms with Gasteiger partial charge in [-0.3, -0.25) is 0 Å². The second-order valence-electron chi connectivity index (χ2n) is 3.32. The SMILES string of the molecule is N[C@@H](CCO)c1c(Cl)cccc1C(F)(F)F. The lowest BCUT2D eigenvalue weighted by atomic mass is 9.98. The molecule has 0 saturated heterocycles. The maximum absolute atomic E-state index is 12.7. The van der Waals surface area contributed by atoms with Gasteiger partial charge in [-0.15, -0.1) is 0 Å². The van der Waals surface area contributed by atoms with E-state index in [1.807, 2.05) is 0 Å². The first-order chi connectivity index (χ1) is 7.38. The zero-order valence-electron chi connectivity index (χ0n) is 8.26. The second kappa shape index (κ2) is 5.03. The Morgan fingerprint density at radius 3 is 2.50 bits per heavy atom. The van der Waals surface area contributed by atoms with E-state index in [1.54, 1.807) is 0 Å². The lowest BCUT2D eigenvalue weighted by Gasteiger charge is -2.18. The van der Waals surface area contributed by atoms with E-state index in [0.29, 0.717) is 0 Å². The highest BCUT2D eigenvalue weighted by atomic mass is 35.5. The van der Waals surface area contributed by atoms with E-state index < -0.39 is 17.8 Å². The van der Waals surface area contributed by atoms with Gasteiger partial charge in [-0.1, -0.05) is 17.7 Å². The average molecular weight is 254 g/mol. The maximum atomic E-state index is 12.7. The van der Waals surface area contributed by atoms with Crippen molar-refractivity contribution in [1.82, 2.24) is 0 Å². The number of benzene rings is 1. The summed E-state index contributed by atoms with van der Waals surface area (Å²) >= 11 is 5.70. The van der Waals surface area contributed by atoms with Crippen LogP contribution in [-0.2, 0) is 6.18 Å². The Balaban J connectivity index is 3.24. The molecule has 0 amide bonds. The largest absolute Gasteiger partial charge is 0.416 e. The maximum Gasteiger partial charge on any atom is 0.416 e. The van der Waals surface area contributed by atoms with Gasteiger partial charge in [0, 0.05) is 17.7 Å². The van der Waals surface area contributed by atoms with Crippen molar-refractivity contribution in [1.29, 1.82) is 0 Å². The Labute approximate surface area is 95.8 Å². The minimum atomic E-state index is -4.49. The summed E-state index contributed by atoms with van der Waals surface area (Å²) in [5.74, 6) is 0. The van der Waals surface area contributed by atoms with Crippen molar-refractivity contribution < 1.29 is 18.3 Å². The molecule has 2 nitrogen and oxygen atoms in total. The molecule has 90 valence electrons. The summed E-state index contributed by atoms with van der Waals surface area (Å²) in [5, 5.41) is 8.65. The minimum absolute atomic E-state index is 0.0317. The van der Waals surface area contributed by atoms with E-state index in [2.05, 4.69) is 0 Å². The van der Waals surface area contributed by atoms with Crippen LogP contribution in [0.4, 0.5) is 13.2 Å². The van der Waals surface area contributed by atoms with Crippen LogP contribution in [0.3, 0.4) is 0 Å². The summed E-state index contributed by atoms with van der Waals surface area (Å²) in [6, 6.07) is 2.58. The molecule has 0 heterocycles. The predicted molar refractivity (Wildman–Crippen MR) is 55.1 cm³/mol. The van der Waals surface area contributed by atoms with Crippen molar-refractivity contribution in [2.45, 2.75) is 18.6 Å². The van der Waals surface area contributed by atoms with Gasteiger partial charge in [-0.05, 0) is 24.1 Å². The lowest BCUT2D eigenvalue weighted by Crippen LogP contribution is -2.19. The standard InChI is InChI=1S/C10H11ClF3NO/c11-7-3-1-2-6(10(12,13)14)9(7)8(15)4-5-16/h1-3,8,16H,4-5,15H2/t8-/m0/s1. The van der Waals surface area contributed by atoms with E-state index in [9.17, 15) is 13.2 Å². The molecule has 3 N–H and O–H groups in total. The van der Waals surface area contributed by atoms with Gasteiger partial charge in [0.2, 0.25) is 0 Å². The van der Waals surface area contributed by atoms with Crippen LogP contribution >= 0.6 is 11.6 Å². The lowest BCUT2D eigenvalue weighted by molar-refractivity contribution is -0.138. The molecule has 0 unspecified atom stereocenters. The second-order valence-corrected chi connectivity index (χ2v) is 3.72. The monoisotopic (exact) mass is 253 g/mol. The summed E-state index contributed by atoms with van der Waals surface area (Å²) in [6.45, 7) is -0.288. The number of aliphatic hydroxyl groups is 1. The fourth-order valence-corrected chi connectivity index (χ4v) is 1.76. The minimum Gasteiger partial charge on any atom is -0.396 e. The molecule has 0 saturated carbocycles. The van der Waals surface area contributed by atoms with Gasteiger partial charge in [-0.25, -0.2) is 0 Å². The summed E-state index contributed by atoms with van der Waals surface area (Å²) in [4.78, 5) is 0. The third-order valence-electron chi connectivity index (χ3n) is 2.17. The van der Waals surface area contributed by atoms with Crippen molar-refractivity contribution in [2.75, 3.05) is 6.61 Å². The molecule has 1 rings (SSSR count). The Bertz CT molecular complexity index is 368. The quantitative estimate of drug-likeness (QED) is 0.870. The molecule has 1 aromatic rings. The molecular weight excluding hydrogens is 243 g/mol. The number of halogens is 4. The van der Waals surface area contributed by atoms with Gasteiger partial charge in [0.1, 0.15) is 0 Å². The average Bonchev–Trinajstić information content (AvgIpc) is 2.16. The molecule has 1 aromatic carbocycles. The Morgan fingerprint density at radius 1 is 1.38 bits per heavy atom. The first kappa shape index (κ1) is 13.3. The Kier molecular flexibility index (Phi) is 4.18. The molecule has 0 aliphatic heterocycles. The summed E-state index contributed by atoms with van der Waals surface area (Å²) in [6.07, 6.45) is -4.46. The molecule has 1 atom stereocenters. The van der Waals surface area contributed by atoms with E-state index >= 15 is 0 Å². The van der Waals surface area contributed by atoms with Crippen LogP contribution in [-0.4, -0.2) is 11.7 Å². The van der Waals surface area contributed by atoms with Crippen LogP contribution in [0.1, 0.15) is 23.6 Å². The molecule has 0 aromatic heterocycles. The highest BCUT2D eigenvalue weighted by molar-refractivity contribution is 6.31. The highest BCUT2D eigenvalue weighted by Crippen LogP contribution is 2.38. The van der Waals surface area contributed by atoms with Gasteiger partial charge < -0.3 is 10.8 Å². The predicted octanol–water partition coefficient (Wildman–Crippen LogP) is 2.74. The number of hydrogen-bond acceptors (Lipinski definition) is 2. The van der Waals surface area contributed by atoms with Gasteiger partial charge in [0.25, 0.3) is 0 Å². The van der Waals surface area contributed by atoms with Crippen LogP contribution in [0.2, 0.25) is 5.02 Å². The fourth-order valence-electron chi connectivity index (χ4n) is 1.44. The number of alkyl halides is 3. The Hall–Kier alpha value is -0.780. The molecular formula is C10H11ClF3NO. The molecule has 0 aliphatic carbocycles. The van der Waals surface area contributed by atoms with Gasteiger partial charge >= 0.3 is 6.18 Å². The molecule has 0 radical (unpaired) electrons. The molecule has 0 bridgehead atoms. The smallest absolute Gasteiger partial charge is 0.396 e. The Morgan fingerprint density at radius 2 is 2.00 bits per heavy atom. The summed E-state index contributed by atoms with van der Waals surface area (Å²) < 4.78 is 38.0. The van der Waals surface area contributed by atoms with E-state index in [-0.39, 0.29) is 23.6 Å². The van der Waals surface area contributed by atoms with Crippen molar-refractivity contribution >= 4 is 11.6 Å². The first-order valence-corrected chi connectivity index (χ1v) is 4.97. The summed E-state index contributed by atoms with van der Waals surface area (Å²) in [7, 11) is 0. The molecule has 0 aliphatic rings. The number of nitrogens with two attached hydrogens (primary N) is 1. The van der Waals surface area contributed by atoms with Crippen LogP contribution in [0, 0.1) is 0 Å². The number of hydrogen-bond donors (Lipinski definition) is 2. The van der Waals surface area contributed by atoms with Crippen LogP contribution in [0.25, 0.3) is 0 Å². The molecule has 0 fully saturated rings. The van der Waals surface area contributed by atoms with E-state index in [0.717, 1.165) is 6.07 Å². The van der Waals surface area contributed by atoms with Crippen LogP contribution < -0.4 is 5.73 Å². The van der Waals surface area contributed by atoms with E-state index in [4.69, 9.17) is 22.4 Å². The third-order valence-corrected chi connectivity index (χ3v) is 2.50.